The molecule has 1 amide bonds. The first-order valence-electron chi connectivity index (χ1n) is 10.0. The van der Waals surface area contributed by atoms with Crippen LogP contribution in [-0.2, 0) is 17.8 Å². The average molecular weight is 415 g/mol. The first-order valence-corrected chi connectivity index (χ1v) is 10.0. The number of imidazole rings is 1. The van der Waals surface area contributed by atoms with E-state index in [0.29, 0.717) is 25.2 Å². The smallest absolute Gasteiger partial charge is 0.244 e. The number of carbonyl (C=O) groups is 1. The molecule has 4 rings (SSSR count). The third-order valence-electron chi connectivity index (χ3n) is 4.68. The molecule has 2 aromatic carbocycles. The average Bonchev–Trinajstić information content (AvgIpc) is 3.19. The van der Waals surface area contributed by atoms with Gasteiger partial charge >= 0.3 is 0 Å². The van der Waals surface area contributed by atoms with Crippen molar-refractivity contribution in [1.29, 1.82) is 0 Å². The Balaban J connectivity index is 1.26. The number of pyridine rings is 1. The molecule has 0 saturated carbocycles. The van der Waals surface area contributed by atoms with Gasteiger partial charge in [-0.3, -0.25) is 4.79 Å². The van der Waals surface area contributed by atoms with E-state index in [0.717, 1.165) is 22.6 Å². The number of hydrogen-bond acceptors (Lipinski definition) is 3. The minimum Gasteiger partial charge on any atom is -0.489 e. The standard InChI is InChI=1S/C25H22FN3O2/c26-21-10-11-24-28-22(17-29(24)16-21)13-14-27-25(30)12-9-19-7-4-8-23(15-19)31-18-20-5-2-1-3-6-20/h1-12,15-17H,13-14,18H2,(H,27,30)/b12-9+. The fraction of sp³-hybridized carbons (Fsp3) is 0.120. The van der Waals surface area contributed by atoms with Gasteiger partial charge in [0.25, 0.3) is 0 Å². The van der Waals surface area contributed by atoms with E-state index >= 15 is 0 Å². The number of nitrogens with zero attached hydrogens (tertiary/aromatic N) is 2. The second kappa shape index (κ2) is 9.71. The number of halogens is 1. The summed E-state index contributed by atoms with van der Waals surface area (Å²) in [6, 6.07) is 20.5. The van der Waals surface area contributed by atoms with Crippen LogP contribution in [0.4, 0.5) is 4.39 Å². The van der Waals surface area contributed by atoms with Gasteiger partial charge in [0.2, 0.25) is 5.91 Å². The van der Waals surface area contributed by atoms with Crippen molar-refractivity contribution >= 4 is 17.6 Å². The van der Waals surface area contributed by atoms with E-state index in [1.807, 2.05) is 54.6 Å². The van der Waals surface area contributed by atoms with E-state index in [9.17, 15) is 9.18 Å². The van der Waals surface area contributed by atoms with Crippen LogP contribution in [0.5, 0.6) is 5.75 Å². The van der Waals surface area contributed by atoms with Gasteiger partial charge in [0.1, 0.15) is 23.8 Å². The Bertz CT molecular complexity index is 1200. The van der Waals surface area contributed by atoms with Crippen LogP contribution in [0, 0.1) is 5.82 Å². The number of nitrogens with one attached hydrogen (secondary N) is 1. The maximum absolute atomic E-state index is 13.3. The summed E-state index contributed by atoms with van der Waals surface area (Å²) in [5.41, 5.74) is 3.44. The lowest BCUT2D eigenvalue weighted by Crippen LogP contribution is -2.23. The molecule has 2 heterocycles. The van der Waals surface area contributed by atoms with Crippen molar-refractivity contribution in [2.45, 2.75) is 13.0 Å². The molecule has 0 saturated heterocycles. The molecule has 0 aliphatic rings. The normalized spacial score (nSPS) is 11.1. The third kappa shape index (κ3) is 5.79. The molecule has 0 atom stereocenters. The molecule has 156 valence electrons. The molecular formula is C25H22FN3O2. The number of fused-ring (bicyclic) bond motifs is 1. The van der Waals surface area contributed by atoms with Crippen LogP contribution in [0.15, 0.2) is 85.2 Å². The molecular weight excluding hydrogens is 393 g/mol. The zero-order valence-corrected chi connectivity index (χ0v) is 16.9. The summed E-state index contributed by atoms with van der Waals surface area (Å²) in [4.78, 5) is 16.5. The molecule has 0 aliphatic heterocycles. The number of benzene rings is 2. The largest absolute Gasteiger partial charge is 0.489 e. The molecule has 0 spiro atoms. The van der Waals surface area contributed by atoms with E-state index in [4.69, 9.17) is 4.74 Å². The fourth-order valence-electron chi connectivity index (χ4n) is 3.13. The molecule has 0 aliphatic carbocycles. The number of carbonyl (C=O) groups excluding carboxylic acids is 1. The lowest BCUT2D eigenvalue weighted by molar-refractivity contribution is -0.116. The predicted molar refractivity (Wildman–Crippen MR) is 118 cm³/mol. The van der Waals surface area contributed by atoms with Gasteiger partial charge < -0.3 is 14.5 Å². The number of hydrogen-bond donors (Lipinski definition) is 1. The van der Waals surface area contributed by atoms with E-state index in [1.54, 1.807) is 22.7 Å². The Morgan fingerprint density at radius 2 is 1.94 bits per heavy atom. The second-order valence-electron chi connectivity index (χ2n) is 7.07. The first-order chi connectivity index (χ1) is 15.2. The highest BCUT2D eigenvalue weighted by atomic mass is 19.1. The monoisotopic (exact) mass is 415 g/mol. The van der Waals surface area contributed by atoms with Gasteiger partial charge in [0, 0.05) is 31.4 Å². The Morgan fingerprint density at radius 3 is 2.81 bits per heavy atom. The maximum atomic E-state index is 13.3. The van der Waals surface area contributed by atoms with Gasteiger partial charge in [-0.25, -0.2) is 9.37 Å². The maximum Gasteiger partial charge on any atom is 0.244 e. The molecule has 6 heteroatoms. The Morgan fingerprint density at radius 1 is 1.06 bits per heavy atom. The summed E-state index contributed by atoms with van der Waals surface area (Å²) in [6.45, 7) is 0.931. The van der Waals surface area contributed by atoms with Crippen molar-refractivity contribution in [2.75, 3.05) is 6.54 Å². The van der Waals surface area contributed by atoms with Crippen LogP contribution < -0.4 is 10.1 Å². The van der Waals surface area contributed by atoms with Crippen molar-refractivity contribution in [2.24, 2.45) is 0 Å². The first kappa shape index (κ1) is 20.3. The molecule has 0 fully saturated rings. The summed E-state index contributed by atoms with van der Waals surface area (Å²) in [6.07, 6.45) is 6.95. The molecule has 0 bridgehead atoms. The molecule has 2 aromatic heterocycles. The van der Waals surface area contributed by atoms with Gasteiger partial charge in [-0.2, -0.15) is 0 Å². The van der Waals surface area contributed by atoms with Crippen molar-refractivity contribution in [3.8, 4) is 5.75 Å². The zero-order chi connectivity index (χ0) is 21.5. The highest BCUT2D eigenvalue weighted by molar-refractivity contribution is 5.91. The van der Waals surface area contributed by atoms with Gasteiger partial charge in [-0.1, -0.05) is 42.5 Å². The van der Waals surface area contributed by atoms with E-state index in [2.05, 4.69) is 10.3 Å². The predicted octanol–water partition coefficient (Wildman–Crippen LogP) is 4.42. The van der Waals surface area contributed by atoms with Crippen LogP contribution in [0.2, 0.25) is 0 Å². The highest BCUT2D eigenvalue weighted by Crippen LogP contribution is 2.16. The Kier molecular flexibility index (Phi) is 6.38. The van der Waals surface area contributed by atoms with Gasteiger partial charge in [0.15, 0.2) is 0 Å². The molecule has 1 N–H and O–H groups in total. The summed E-state index contributed by atoms with van der Waals surface area (Å²) < 4.78 is 20.7. The molecule has 0 radical (unpaired) electrons. The van der Waals surface area contributed by atoms with E-state index < -0.39 is 0 Å². The summed E-state index contributed by atoms with van der Waals surface area (Å²) >= 11 is 0. The van der Waals surface area contributed by atoms with Gasteiger partial charge in [-0.05, 0) is 41.5 Å². The fourth-order valence-corrected chi connectivity index (χ4v) is 3.13. The van der Waals surface area contributed by atoms with Gasteiger partial charge in [0.05, 0.1) is 5.69 Å². The molecule has 0 unspecified atom stereocenters. The van der Waals surface area contributed by atoms with Crippen molar-refractivity contribution in [3.63, 3.8) is 0 Å². The van der Waals surface area contributed by atoms with Crippen LogP contribution >= 0.6 is 0 Å². The Labute approximate surface area is 179 Å². The summed E-state index contributed by atoms with van der Waals surface area (Å²) in [5.74, 6) is 0.240. The summed E-state index contributed by atoms with van der Waals surface area (Å²) in [7, 11) is 0. The van der Waals surface area contributed by atoms with Gasteiger partial charge in [-0.15, -0.1) is 0 Å². The minimum absolute atomic E-state index is 0.189. The Hall–Kier alpha value is -3.93. The van der Waals surface area contributed by atoms with Crippen LogP contribution in [0.1, 0.15) is 16.8 Å². The lowest BCUT2D eigenvalue weighted by Gasteiger charge is -2.07. The number of amides is 1. The number of ether oxygens (including phenoxy) is 1. The molecule has 5 nitrogen and oxygen atoms in total. The topological polar surface area (TPSA) is 55.6 Å². The van der Waals surface area contributed by atoms with Crippen LogP contribution in [0.3, 0.4) is 0 Å². The quantitative estimate of drug-likeness (QED) is 0.433. The zero-order valence-electron chi connectivity index (χ0n) is 16.9. The van der Waals surface area contributed by atoms with Crippen molar-refractivity contribution in [1.82, 2.24) is 14.7 Å². The van der Waals surface area contributed by atoms with Crippen LogP contribution in [-0.4, -0.2) is 21.8 Å². The van der Waals surface area contributed by atoms with E-state index in [1.165, 1.54) is 18.3 Å². The molecule has 31 heavy (non-hydrogen) atoms. The van der Waals surface area contributed by atoms with Crippen molar-refractivity contribution in [3.05, 3.63) is 108 Å². The minimum atomic E-state index is -0.315. The molecule has 4 aromatic rings. The van der Waals surface area contributed by atoms with Crippen LogP contribution in [0.25, 0.3) is 11.7 Å². The highest BCUT2D eigenvalue weighted by Gasteiger charge is 2.03. The number of aromatic nitrogens is 2. The second-order valence-corrected chi connectivity index (χ2v) is 7.07. The third-order valence-corrected chi connectivity index (χ3v) is 4.68. The SMILES string of the molecule is O=C(/C=C/c1cccc(OCc2ccccc2)c1)NCCc1cn2cc(F)ccc2n1. The number of rotatable bonds is 8. The van der Waals surface area contributed by atoms with Crippen molar-refractivity contribution < 1.29 is 13.9 Å². The van der Waals surface area contributed by atoms with E-state index in [-0.39, 0.29) is 11.7 Å². The summed E-state index contributed by atoms with van der Waals surface area (Å²) in [5, 5.41) is 2.84. The lowest BCUT2D eigenvalue weighted by atomic mass is 10.2.